The maximum atomic E-state index is 18.1. The summed E-state index contributed by atoms with van der Waals surface area (Å²) in [4.78, 5) is 106. The summed E-state index contributed by atoms with van der Waals surface area (Å²) in [5, 5.41) is 5.11. The van der Waals surface area contributed by atoms with Crippen molar-refractivity contribution >= 4 is 92.4 Å². The van der Waals surface area contributed by atoms with Crippen molar-refractivity contribution in [3.05, 3.63) is 284 Å². The minimum Gasteiger partial charge on any atom is -0.497 e. The molecule has 4 aliphatic rings. The number of halogens is 4. The summed E-state index contributed by atoms with van der Waals surface area (Å²) in [6, 6.07) is 47.7. The highest BCUT2D eigenvalue weighted by molar-refractivity contribution is 7.85. The standard InChI is InChI=1S/C50H53BF2N10O10P.C50H53F2N10O10P/c1-8-35-42(38(53)48(70-35)63-27-58-40-44(63)59-49(61-46(40)65)60-45(64)28(2)3)73-74(51,68-23-22-54-5)69-24-36-41(37(52)47(71-36)62-26-57-39-29(4)55-25-56-43(39)62)72-50(30-12-10-9-11-13-30,31-14-18-33(66-6)19-15-31)32-16-20-34(67-7)21-17-32;1-8-35-42(38(52)48(69-35)62-27-57-40-44(62)58-49(60-46(40)64)59-45(63)28(2)3)72-73(67-23-22-53-5)68-24-36-41(37(51)47(70-36)61-26-56-39-29(4)54-25-55-43(39)61)71-50(30-12-10-9-11-13-30,31-14-18-33(65-6)19-15-31)32-16-20-34(66-7)21-17-32/h9-21,25-28,35-38,41-42,47-48H,8,22-24H2,1-4,6-7H3,(H2,59,60,61,64,65);9-21,25-28,35-38,41-42,47-48H,8,22-24H2,1-4,6-7H3,(H2,58,59,60,63,64)/q+1;/t35-,36-,37+,38+,41?,42?,47-,48-,74?;35-,36-,37+,38+,41?,42?,47-,48-,73?/m11/s1. The van der Waals surface area contributed by atoms with Gasteiger partial charge in [0.1, 0.15) is 102 Å². The molecule has 14 aromatic rings. The Morgan fingerprint density at radius 3 is 1.18 bits per heavy atom. The average molecular weight is 2060 g/mol. The van der Waals surface area contributed by atoms with Gasteiger partial charge in [-0.2, -0.15) is 23.5 Å². The van der Waals surface area contributed by atoms with Gasteiger partial charge in [-0.15, -0.1) is 0 Å². The second-order valence-corrected chi connectivity index (χ2v) is 38.3. The van der Waals surface area contributed by atoms with Crippen molar-refractivity contribution < 1.29 is 102 Å². The number of alkyl halides is 4. The Morgan fingerprint density at radius 1 is 0.456 bits per heavy atom. The zero-order valence-corrected chi connectivity index (χ0v) is 83.6. The molecule has 2 radical (unpaired) electrons. The van der Waals surface area contributed by atoms with E-state index in [0.29, 0.717) is 90.1 Å². The molecule has 18 rings (SSSR count). The second kappa shape index (κ2) is 45.8. The first-order valence-corrected chi connectivity index (χ1v) is 49.9. The Morgan fingerprint density at radius 2 is 0.803 bits per heavy atom. The van der Waals surface area contributed by atoms with E-state index in [0.717, 1.165) is 0 Å². The van der Waals surface area contributed by atoms with Crippen LogP contribution in [0.4, 0.5) is 29.5 Å². The highest BCUT2D eigenvalue weighted by atomic mass is 31.2. The zero-order valence-electron chi connectivity index (χ0n) is 81.8. The number of aromatic nitrogens is 16. The van der Waals surface area contributed by atoms with Gasteiger partial charge in [-0.05, 0) is 109 Å². The quantitative estimate of drug-likeness (QED) is 0.00692. The number of imidazole rings is 4. The lowest BCUT2D eigenvalue weighted by molar-refractivity contribution is -0.119. The third-order valence-electron chi connectivity index (χ3n) is 25.5. The van der Waals surface area contributed by atoms with E-state index in [-0.39, 0.29) is 73.4 Å². The lowest BCUT2D eigenvalue weighted by Gasteiger charge is -2.39. The number of nitrogens with zero attached hydrogens (tertiary/aromatic N) is 16. The number of nitrogens with one attached hydrogen (secondary N) is 4. The van der Waals surface area contributed by atoms with Crippen LogP contribution in [0.2, 0.25) is 0 Å². The lowest BCUT2D eigenvalue weighted by atomic mass is 9.79. The third-order valence-corrected chi connectivity index (χ3v) is 28.3. The number of amides is 2. The van der Waals surface area contributed by atoms with Gasteiger partial charge in [0.2, 0.25) is 36.8 Å². The molecule has 766 valence electrons. The van der Waals surface area contributed by atoms with Crippen LogP contribution in [0.3, 0.4) is 0 Å². The molecule has 6 unspecified atom stereocenters. The van der Waals surface area contributed by atoms with Crippen molar-refractivity contribution in [3.63, 3.8) is 0 Å². The average Bonchev–Trinajstić information content (AvgIpc) is 1.66. The van der Waals surface area contributed by atoms with Gasteiger partial charge in [0.15, 0.2) is 95.9 Å². The number of ether oxygens (including phenoxy) is 10. The number of carbonyl (C=O) groups excluding carboxylic acids is 2. The van der Waals surface area contributed by atoms with Crippen LogP contribution in [0.25, 0.3) is 54.3 Å². The Bertz CT molecular complexity index is 7050. The van der Waals surface area contributed by atoms with E-state index in [1.807, 2.05) is 109 Å². The fourth-order valence-electron chi connectivity index (χ4n) is 17.9. The zero-order chi connectivity index (χ0) is 104. The van der Waals surface area contributed by atoms with E-state index in [1.165, 1.54) is 56.2 Å². The van der Waals surface area contributed by atoms with Gasteiger partial charge in [-0.3, -0.25) is 58.0 Å². The van der Waals surface area contributed by atoms with Crippen LogP contribution in [-0.2, 0) is 76.4 Å². The summed E-state index contributed by atoms with van der Waals surface area (Å²) in [5.74, 6) is 0.320. The Labute approximate surface area is 843 Å². The van der Waals surface area contributed by atoms with Gasteiger partial charge in [-0.1, -0.05) is 151 Å². The maximum Gasteiger partial charge on any atom is 0.488 e. The molecule has 40 nitrogen and oxygen atoms in total. The number of carbonyl (C=O) groups is 2. The van der Waals surface area contributed by atoms with Crippen molar-refractivity contribution in [1.29, 1.82) is 0 Å². The van der Waals surface area contributed by atoms with E-state index in [1.54, 1.807) is 132 Å². The molecule has 0 bridgehead atoms. The van der Waals surface area contributed by atoms with Gasteiger partial charge in [0, 0.05) is 11.8 Å². The fourth-order valence-corrected chi connectivity index (χ4v) is 20.5. The number of benzene rings is 6. The molecule has 147 heavy (non-hydrogen) atoms. The van der Waals surface area contributed by atoms with E-state index in [9.17, 15) is 19.2 Å². The number of hydrogen-bond donors (Lipinski definition) is 4. The van der Waals surface area contributed by atoms with Crippen LogP contribution in [0.1, 0.15) is 124 Å². The van der Waals surface area contributed by atoms with Gasteiger partial charge in [0.25, 0.3) is 11.1 Å². The highest BCUT2D eigenvalue weighted by Crippen LogP contribution is 2.62. The third kappa shape index (κ3) is 21.5. The van der Waals surface area contributed by atoms with Crippen molar-refractivity contribution in [1.82, 2.24) is 78.1 Å². The maximum absolute atomic E-state index is 18.1. The fraction of sp³-hybridized carbons (Fsp3) is 0.400. The molecule has 4 saturated heterocycles. The van der Waals surface area contributed by atoms with E-state index in [2.05, 4.69) is 80.1 Å². The topological polar surface area (TPSA) is 429 Å². The van der Waals surface area contributed by atoms with Crippen LogP contribution in [-0.4, -0.2) is 239 Å². The number of methoxy groups -OCH3 is 4. The van der Waals surface area contributed by atoms with E-state index in [4.69, 9.17) is 95.2 Å². The minimum absolute atomic E-state index is 0.0410. The summed E-state index contributed by atoms with van der Waals surface area (Å²) in [6.07, 6.45) is -15.1. The number of hydrogen-bond acceptors (Lipinski definition) is 30. The molecule has 4 fully saturated rings. The summed E-state index contributed by atoms with van der Waals surface area (Å²) in [5.41, 5.74) is 1.62. The molecule has 4 aliphatic heterocycles. The molecular weight excluding hydrogens is 1950 g/mol. The smallest absolute Gasteiger partial charge is 0.488 e. The van der Waals surface area contributed by atoms with Crippen LogP contribution in [0, 0.1) is 38.8 Å². The van der Waals surface area contributed by atoms with E-state index >= 15 is 17.6 Å². The number of aromatic amines is 2. The Balaban J connectivity index is 0.000000201. The number of fused-ring (bicyclic) bond motifs is 4. The Hall–Kier alpha value is -13.6. The van der Waals surface area contributed by atoms with Gasteiger partial charge >= 0.3 is 24.0 Å². The molecule has 0 saturated carbocycles. The second-order valence-electron chi connectivity index (χ2n) is 35.3. The van der Waals surface area contributed by atoms with Crippen molar-refractivity contribution in [2.45, 2.75) is 178 Å². The molecule has 8 aromatic heterocycles. The number of anilines is 2. The summed E-state index contributed by atoms with van der Waals surface area (Å²) >= 11 is 0. The molecule has 0 aliphatic carbocycles. The largest absolute Gasteiger partial charge is 0.497 e. The van der Waals surface area contributed by atoms with Gasteiger partial charge in [-0.25, -0.2) is 70.6 Å². The normalized spacial score (nSPS) is 22.6. The van der Waals surface area contributed by atoms with Gasteiger partial charge in [0.05, 0.1) is 84.0 Å². The summed E-state index contributed by atoms with van der Waals surface area (Å²) in [7, 11) is 6.43. The first kappa shape index (κ1) is 105. The molecule has 0 spiro atoms. The van der Waals surface area contributed by atoms with E-state index < -0.39 is 174 Å². The predicted octanol–water partition coefficient (Wildman–Crippen LogP) is 15.0. The first-order valence-electron chi connectivity index (χ1n) is 47.2. The summed E-state index contributed by atoms with van der Waals surface area (Å²) < 4.78 is 176. The number of rotatable bonds is 40. The first-order chi connectivity index (χ1) is 71.1. The number of aryl methyl sites for hydroxylation is 2. The predicted molar refractivity (Wildman–Crippen MR) is 530 cm³/mol. The molecule has 4 N–H and O–H groups in total. The summed E-state index contributed by atoms with van der Waals surface area (Å²) in [6.45, 7) is 27.0. The molecule has 2 amide bonds. The molecule has 18 atom stereocenters. The lowest BCUT2D eigenvalue weighted by Crippen LogP contribution is -2.44. The van der Waals surface area contributed by atoms with Crippen LogP contribution >= 0.6 is 16.4 Å². The van der Waals surface area contributed by atoms with Crippen LogP contribution in [0.5, 0.6) is 23.0 Å². The highest BCUT2D eigenvalue weighted by Gasteiger charge is 2.60. The minimum atomic E-state index is -4.23. The SMILES string of the molecule is [B][P+](OCC[N+]#[C-])(OC[C@H]1O[C@@H](n2cnc3c(C)ncnc32)[C@@H](F)C1OC(c1ccccc1)(c1ccc(OC)cc1)c1ccc(OC)cc1)OC1[C@@H](CC)O[C@@H](n2cnc3c(=O)[nH]c(NC(=O)C(C)C)nc32)[C@H]1F.[C-]#[N+]CCOP(OC[C@H]1O[C@@H](n2cnc3c(C)ncnc32)[C@@H](F)C1OC(c1ccccc1)(c1ccc(OC)cc1)c1ccc(OC)cc1)OC1[C@@H](CC)O[C@@H](n2cnc3c(=O)[nH]c(NC(=O)C(C)C)nc32)[C@H]1F. The molecular formula is C100H106BF4N20O20P2+. The van der Waals surface area contributed by atoms with Crippen molar-refractivity contribution in [2.24, 2.45) is 11.8 Å². The molecule has 12 heterocycles. The number of H-pyrrole nitrogens is 2. The van der Waals surface area contributed by atoms with Crippen LogP contribution in [0.15, 0.2) is 205 Å². The van der Waals surface area contributed by atoms with Crippen LogP contribution < -0.4 is 40.7 Å². The van der Waals surface area contributed by atoms with Crippen molar-refractivity contribution in [2.75, 3.05) is 78.6 Å². The van der Waals surface area contributed by atoms with Crippen molar-refractivity contribution in [3.8, 4) is 23.0 Å². The van der Waals surface area contributed by atoms with Gasteiger partial charge < -0.3 is 70.6 Å². The monoisotopic (exact) mass is 2060 g/mol. The molecule has 47 heteroatoms. The molecule has 6 aromatic carbocycles. The Kier molecular flexibility index (Phi) is 32.6.